The fourth-order valence-electron chi connectivity index (χ4n) is 2.89. The van der Waals surface area contributed by atoms with E-state index in [4.69, 9.17) is 0 Å². The van der Waals surface area contributed by atoms with E-state index >= 15 is 0 Å². The van der Waals surface area contributed by atoms with Crippen LogP contribution in [0.5, 0.6) is 0 Å². The third kappa shape index (κ3) is 4.00. The molecule has 8 heteroatoms. The first kappa shape index (κ1) is 18.2. The standard InChI is InChI=1S/C19H17N3O5/c23-17(14-4-2-1-3-5-14)10-11-20-12-13-21(19(25)18(20)24)15-6-8-16(9-7-15)22(26)27/h1-9H,10-13H2. The normalized spacial score (nSPS) is 14.4. The summed E-state index contributed by atoms with van der Waals surface area (Å²) in [5.74, 6) is -1.48. The van der Waals surface area contributed by atoms with Crippen LogP contribution in [0.1, 0.15) is 16.8 Å². The summed E-state index contributed by atoms with van der Waals surface area (Å²) < 4.78 is 0. The van der Waals surface area contributed by atoms with Crippen LogP contribution in [0.15, 0.2) is 54.6 Å². The van der Waals surface area contributed by atoms with Gasteiger partial charge in [-0.15, -0.1) is 0 Å². The lowest BCUT2D eigenvalue weighted by Crippen LogP contribution is -2.54. The van der Waals surface area contributed by atoms with Gasteiger partial charge < -0.3 is 9.80 Å². The van der Waals surface area contributed by atoms with Crippen LogP contribution < -0.4 is 4.90 Å². The van der Waals surface area contributed by atoms with Crippen molar-refractivity contribution in [2.24, 2.45) is 0 Å². The number of hydrogen-bond acceptors (Lipinski definition) is 5. The monoisotopic (exact) mass is 367 g/mol. The number of non-ortho nitro benzene ring substituents is 1. The lowest BCUT2D eigenvalue weighted by atomic mass is 10.1. The van der Waals surface area contributed by atoms with Gasteiger partial charge in [-0.2, -0.15) is 0 Å². The quantitative estimate of drug-likeness (QED) is 0.337. The van der Waals surface area contributed by atoms with E-state index in [0.717, 1.165) is 0 Å². The van der Waals surface area contributed by atoms with E-state index in [0.29, 0.717) is 17.8 Å². The number of nitro groups is 1. The summed E-state index contributed by atoms with van der Waals surface area (Å²) >= 11 is 0. The number of anilines is 1. The summed E-state index contributed by atoms with van der Waals surface area (Å²) in [6.45, 7) is 0.734. The number of piperazine rings is 1. The zero-order chi connectivity index (χ0) is 19.4. The molecule has 1 heterocycles. The molecule has 1 aliphatic rings. The first-order valence-corrected chi connectivity index (χ1v) is 8.41. The molecule has 0 aromatic heterocycles. The number of benzene rings is 2. The molecule has 0 spiro atoms. The Morgan fingerprint density at radius 2 is 1.63 bits per heavy atom. The highest BCUT2D eigenvalue weighted by molar-refractivity contribution is 6.41. The van der Waals surface area contributed by atoms with Gasteiger partial charge in [0.1, 0.15) is 0 Å². The summed E-state index contributed by atoms with van der Waals surface area (Å²) in [6, 6.07) is 14.2. The maximum Gasteiger partial charge on any atom is 0.316 e. The van der Waals surface area contributed by atoms with Gasteiger partial charge in [0.15, 0.2) is 5.78 Å². The molecule has 138 valence electrons. The predicted octanol–water partition coefficient (Wildman–Crippen LogP) is 2.04. The molecule has 0 N–H and O–H groups in total. The Labute approximate surface area is 155 Å². The second-order valence-corrected chi connectivity index (χ2v) is 6.06. The molecule has 0 bridgehead atoms. The van der Waals surface area contributed by atoms with Gasteiger partial charge in [-0.25, -0.2) is 0 Å². The maximum absolute atomic E-state index is 12.4. The molecule has 1 saturated heterocycles. The van der Waals surface area contributed by atoms with Gasteiger partial charge in [0, 0.05) is 49.4 Å². The molecule has 1 aliphatic heterocycles. The number of ketones is 1. The minimum Gasteiger partial charge on any atom is -0.332 e. The van der Waals surface area contributed by atoms with Crippen molar-refractivity contribution in [3.05, 3.63) is 70.3 Å². The second kappa shape index (κ2) is 7.77. The Morgan fingerprint density at radius 3 is 2.26 bits per heavy atom. The van der Waals surface area contributed by atoms with Gasteiger partial charge in [-0.3, -0.25) is 24.5 Å². The van der Waals surface area contributed by atoms with Crippen LogP contribution >= 0.6 is 0 Å². The first-order chi connectivity index (χ1) is 13.0. The van der Waals surface area contributed by atoms with Crippen LogP contribution in [0.4, 0.5) is 11.4 Å². The molecule has 2 aromatic rings. The van der Waals surface area contributed by atoms with E-state index in [1.54, 1.807) is 24.3 Å². The van der Waals surface area contributed by atoms with Crippen molar-refractivity contribution in [3.63, 3.8) is 0 Å². The second-order valence-electron chi connectivity index (χ2n) is 6.06. The summed E-state index contributed by atoms with van der Waals surface area (Å²) in [6.07, 6.45) is 0.139. The summed E-state index contributed by atoms with van der Waals surface area (Å²) in [4.78, 5) is 49.7. The summed E-state index contributed by atoms with van der Waals surface area (Å²) in [5, 5.41) is 10.7. The molecule has 8 nitrogen and oxygen atoms in total. The van der Waals surface area contributed by atoms with Crippen molar-refractivity contribution in [3.8, 4) is 0 Å². The van der Waals surface area contributed by atoms with Crippen LogP contribution in [-0.2, 0) is 9.59 Å². The average Bonchev–Trinajstić information content (AvgIpc) is 2.69. The molecule has 3 rings (SSSR count). The van der Waals surface area contributed by atoms with Crippen molar-refractivity contribution in [2.45, 2.75) is 6.42 Å². The topological polar surface area (TPSA) is 101 Å². The lowest BCUT2D eigenvalue weighted by Gasteiger charge is -2.33. The Bertz CT molecular complexity index is 880. The van der Waals surface area contributed by atoms with Crippen molar-refractivity contribution in [1.29, 1.82) is 0 Å². The number of nitrogens with zero attached hydrogens (tertiary/aromatic N) is 3. The third-order valence-electron chi connectivity index (χ3n) is 4.39. The third-order valence-corrected chi connectivity index (χ3v) is 4.39. The fraction of sp³-hybridized carbons (Fsp3) is 0.211. The maximum atomic E-state index is 12.4. The van der Waals surface area contributed by atoms with Crippen molar-refractivity contribution in [2.75, 3.05) is 24.5 Å². The number of hydrogen-bond donors (Lipinski definition) is 0. The van der Waals surface area contributed by atoms with Gasteiger partial charge in [-0.1, -0.05) is 30.3 Å². The van der Waals surface area contributed by atoms with Crippen molar-refractivity contribution >= 4 is 29.0 Å². The highest BCUT2D eigenvalue weighted by Crippen LogP contribution is 2.21. The highest BCUT2D eigenvalue weighted by Gasteiger charge is 2.33. The molecule has 0 atom stereocenters. The van der Waals surface area contributed by atoms with Crippen LogP contribution in [-0.4, -0.2) is 47.1 Å². The molecule has 0 aliphatic carbocycles. The summed E-state index contributed by atoms with van der Waals surface area (Å²) in [5.41, 5.74) is 0.912. The van der Waals surface area contributed by atoms with Crippen LogP contribution in [0.25, 0.3) is 0 Å². The van der Waals surface area contributed by atoms with Crippen LogP contribution in [0.2, 0.25) is 0 Å². The Morgan fingerprint density at radius 1 is 0.963 bits per heavy atom. The number of carbonyl (C=O) groups excluding carboxylic acids is 3. The molecular weight excluding hydrogens is 350 g/mol. The number of carbonyl (C=O) groups is 3. The Balaban J connectivity index is 1.61. The molecule has 0 saturated carbocycles. The predicted molar refractivity (Wildman–Crippen MR) is 97.4 cm³/mol. The van der Waals surface area contributed by atoms with Crippen molar-refractivity contribution < 1.29 is 19.3 Å². The minimum absolute atomic E-state index is 0.0874. The van der Waals surface area contributed by atoms with E-state index < -0.39 is 16.7 Å². The molecule has 1 fully saturated rings. The van der Waals surface area contributed by atoms with Gasteiger partial charge >= 0.3 is 11.8 Å². The van der Waals surface area contributed by atoms with Crippen LogP contribution in [0, 0.1) is 10.1 Å². The van der Waals surface area contributed by atoms with E-state index in [-0.39, 0.29) is 31.0 Å². The molecule has 27 heavy (non-hydrogen) atoms. The Hall–Kier alpha value is -3.55. The molecule has 2 aromatic carbocycles. The van der Waals surface area contributed by atoms with Gasteiger partial charge in [0.25, 0.3) is 5.69 Å². The first-order valence-electron chi connectivity index (χ1n) is 8.41. The minimum atomic E-state index is -0.706. The van der Waals surface area contributed by atoms with Gasteiger partial charge in [0.2, 0.25) is 0 Å². The number of nitro benzene ring substituents is 1. The summed E-state index contributed by atoms with van der Waals surface area (Å²) in [7, 11) is 0. The number of amides is 2. The number of Topliss-reactive ketones (excluding diaryl/α,β-unsaturated/α-hetero) is 1. The van der Waals surface area contributed by atoms with E-state index in [9.17, 15) is 24.5 Å². The van der Waals surface area contributed by atoms with E-state index in [1.165, 1.54) is 34.1 Å². The zero-order valence-electron chi connectivity index (χ0n) is 14.4. The largest absolute Gasteiger partial charge is 0.332 e. The molecule has 0 radical (unpaired) electrons. The average molecular weight is 367 g/mol. The van der Waals surface area contributed by atoms with Crippen LogP contribution in [0.3, 0.4) is 0 Å². The van der Waals surface area contributed by atoms with Gasteiger partial charge in [0.05, 0.1) is 4.92 Å². The smallest absolute Gasteiger partial charge is 0.316 e. The molecule has 2 amide bonds. The SMILES string of the molecule is O=C(CCN1CCN(c2ccc([N+](=O)[O-])cc2)C(=O)C1=O)c1ccccc1. The number of rotatable bonds is 6. The molecular formula is C19H17N3O5. The van der Waals surface area contributed by atoms with Gasteiger partial charge in [-0.05, 0) is 12.1 Å². The fourth-order valence-corrected chi connectivity index (χ4v) is 2.89. The van der Waals surface area contributed by atoms with E-state index in [1.807, 2.05) is 6.07 Å². The van der Waals surface area contributed by atoms with E-state index in [2.05, 4.69) is 0 Å². The highest BCUT2D eigenvalue weighted by atomic mass is 16.6. The molecule has 0 unspecified atom stereocenters. The zero-order valence-corrected chi connectivity index (χ0v) is 14.4. The van der Waals surface area contributed by atoms with Crippen molar-refractivity contribution in [1.82, 2.24) is 4.90 Å². The lowest BCUT2D eigenvalue weighted by molar-refractivity contribution is -0.384. The Kier molecular flexibility index (Phi) is 5.25.